The number of nitrogens with one attached hydrogen (secondary N) is 1. The van der Waals surface area contributed by atoms with Crippen LogP contribution >= 0.6 is 0 Å². The first-order valence-corrected chi connectivity index (χ1v) is 6.55. The van der Waals surface area contributed by atoms with E-state index in [2.05, 4.69) is 10.5 Å². The first-order chi connectivity index (χ1) is 10.1. The van der Waals surface area contributed by atoms with Crippen molar-refractivity contribution in [3.8, 4) is 11.5 Å². The van der Waals surface area contributed by atoms with E-state index in [1.54, 1.807) is 24.3 Å². The number of phenolic OH excluding ortho intramolecular Hbond substituents is 2. The number of rotatable bonds is 4. The second kappa shape index (κ2) is 6.56. The molecule has 0 aromatic heterocycles. The summed E-state index contributed by atoms with van der Waals surface area (Å²) in [6.45, 7) is 1.93. The van der Waals surface area contributed by atoms with Gasteiger partial charge in [0.05, 0.1) is 5.71 Å². The average molecular weight is 284 g/mol. The van der Waals surface area contributed by atoms with Crippen molar-refractivity contribution in [2.45, 2.75) is 13.3 Å². The number of amides is 1. The molecule has 0 fully saturated rings. The van der Waals surface area contributed by atoms with E-state index in [1.807, 2.05) is 6.92 Å². The highest BCUT2D eigenvalue weighted by atomic mass is 16.3. The number of nitrogens with zero attached hydrogens (tertiary/aromatic N) is 1. The quantitative estimate of drug-likeness (QED) is 0.596. The summed E-state index contributed by atoms with van der Waals surface area (Å²) in [5, 5.41) is 22.6. The van der Waals surface area contributed by atoms with Crippen molar-refractivity contribution in [2.24, 2.45) is 5.10 Å². The standard InChI is InChI=1S/C16H16N2O3/c1-2-15(11-3-7-13(19)8-4-11)17-18-16(21)12-5-9-14(20)10-6-12/h3-10,19-20H,2H2,1H3,(H,18,21). The minimum Gasteiger partial charge on any atom is -0.508 e. The van der Waals surface area contributed by atoms with Crippen molar-refractivity contribution in [2.75, 3.05) is 0 Å². The Bertz CT molecular complexity index is 646. The fourth-order valence-corrected chi connectivity index (χ4v) is 1.80. The topological polar surface area (TPSA) is 81.9 Å². The number of hydrogen-bond donors (Lipinski definition) is 3. The number of aromatic hydroxyl groups is 2. The van der Waals surface area contributed by atoms with Gasteiger partial charge in [-0.05, 0) is 60.5 Å². The van der Waals surface area contributed by atoms with Crippen LogP contribution in [0.1, 0.15) is 29.3 Å². The molecular weight excluding hydrogens is 268 g/mol. The maximum atomic E-state index is 11.9. The molecule has 0 saturated carbocycles. The summed E-state index contributed by atoms with van der Waals surface area (Å²) >= 11 is 0. The maximum absolute atomic E-state index is 11.9. The SMILES string of the molecule is CCC(=NNC(=O)c1ccc(O)cc1)c1ccc(O)cc1. The average Bonchev–Trinajstić information content (AvgIpc) is 2.50. The predicted octanol–water partition coefficient (Wildman–Crippen LogP) is 2.64. The van der Waals surface area contributed by atoms with Crippen LogP contribution in [0.3, 0.4) is 0 Å². The lowest BCUT2D eigenvalue weighted by Crippen LogP contribution is -2.19. The Kier molecular flexibility index (Phi) is 4.56. The van der Waals surface area contributed by atoms with Gasteiger partial charge in [0.15, 0.2) is 0 Å². The van der Waals surface area contributed by atoms with Crippen LogP contribution in [-0.2, 0) is 0 Å². The third-order valence-electron chi connectivity index (χ3n) is 2.96. The monoisotopic (exact) mass is 284 g/mol. The highest BCUT2D eigenvalue weighted by Crippen LogP contribution is 2.12. The third kappa shape index (κ3) is 3.82. The molecule has 2 aromatic carbocycles. The van der Waals surface area contributed by atoms with E-state index >= 15 is 0 Å². The van der Waals surface area contributed by atoms with Crippen molar-refractivity contribution < 1.29 is 15.0 Å². The number of benzene rings is 2. The van der Waals surface area contributed by atoms with Crippen LogP contribution in [0.15, 0.2) is 53.6 Å². The van der Waals surface area contributed by atoms with E-state index < -0.39 is 0 Å². The second-order valence-electron chi connectivity index (χ2n) is 4.45. The van der Waals surface area contributed by atoms with Gasteiger partial charge in [0, 0.05) is 5.56 Å². The summed E-state index contributed by atoms with van der Waals surface area (Å²) in [5.41, 5.74) is 4.45. The van der Waals surface area contributed by atoms with Gasteiger partial charge < -0.3 is 10.2 Å². The lowest BCUT2D eigenvalue weighted by molar-refractivity contribution is 0.0955. The molecule has 0 heterocycles. The van der Waals surface area contributed by atoms with Gasteiger partial charge in [0.25, 0.3) is 5.91 Å². The highest BCUT2D eigenvalue weighted by Gasteiger charge is 2.06. The van der Waals surface area contributed by atoms with Crippen LogP contribution in [0.25, 0.3) is 0 Å². The van der Waals surface area contributed by atoms with E-state index in [9.17, 15) is 15.0 Å². The van der Waals surface area contributed by atoms with Gasteiger partial charge in [-0.3, -0.25) is 4.79 Å². The summed E-state index contributed by atoms with van der Waals surface area (Å²) in [6, 6.07) is 12.6. The Morgan fingerprint density at radius 1 is 0.952 bits per heavy atom. The largest absolute Gasteiger partial charge is 0.508 e. The number of carbonyl (C=O) groups excluding carboxylic acids is 1. The molecule has 21 heavy (non-hydrogen) atoms. The Morgan fingerprint density at radius 2 is 1.43 bits per heavy atom. The molecular formula is C16H16N2O3. The molecule has 1 amide bonds. The summed E-state index contributed by atoms with van der Waals surface area (Å²) < 4.78 is 0. The molecule has 0 spiro atoms. The number of hydrogen-bond acceptors (Lipinski definition) is 4. The number of hydrazone groups is 1. The number of carbonyl (C=O) groups is 1. The first-order valence-electron chi connectivity index (χ1n) is 6.55. The molecule has 0 atom stereocenters. The molecule has 108 valence electrons. The molecule has 0 unspecified atom stereocenters. The summed E-state index contributed by atoms with van der Waals surface area (Å²) in [7, 11) is 0. The maximum Gasteiger partial charge on any atom is 0.271 e. The van der Waals surface area contributed by atoms with Gasteiger partial charge in [-0.15, -0.1) is 0 Å². The van der Waals surface area contributed by atoms with Gasteiger partial charge in [0.1, 0.15) is 11.5 Å². The van der Waals surface area contributed by atoms with E-state index in [0.717, 1.165) is 5.56 Å². The Balaban J connectivity index is 2.12. The van der Waals surface area contributed by atoms with Crippen molar-refractivity contribution >= 4 is 11.6 Å². The van der Waals surface area contributed by atoms with E-state index in [0.29, 0.717) is 17.7 Å². The zero-order valence-corrected chi connectivity index (χ0v) is 11.6. The summed E-state index contributed by atoms with van der Waals surface area (Å²) in [6.07, 6.45) is 0.640. The van der Waals surface area contributed by atoms with Crippen molar-refractivity contribution in [3.63, 3.8) is 0 Å². The molecule has 0 aliphatic carbocycles. The third-order valence-corrected chi connectivity index (χ3v) is 2.96. The van der Waals surface area contributed by atoms with Crippen LogP contribution in [0.4, 0.5) is 0 Å². The van der Waals surface area contributed by atoms with Crippen LogP contribution in [0.2, 0.25) is 0 Å². The molecule has 0 saturated heterocycles. The number of phenols is 2. The van der Waals surface area contributed by atoms with E-state index in [4.69, 9.17) is 0 Å². The van der Waals surface area contributed by atoms with Gasteiger partial charge in [0.2, 0.25) is 0 Å². The second-order valence-corrected chi connectivity index (χ2v) is 4.45. The van der Waals surface area contributed by atoms with E-state index in [-0.39, 0.29) is 17.4 Å². The smallest absolute Gasteiger partial charge is 0.271 e. The van der Waals surface area contributed by atoms with Crippen LogP contribution in [0.5, 0.6) is 11.5 Å². The zero-order valence-electron chi connectivity index (χ0n) is 11.6. The van der Waals surface area contributed by atoms with Crippen LogP contribution in [-0.4, -0.2) is 21.8 Å². The van der Waals surface area contributed by atoms with Crippen molar-refractivity contribution in [3.05, 3.63) is 59.7 Å². The lowest BCUT2D eigenvalue weighted by atomic mass is 10.1. The van der Waals surface area contributed by atoms with Crippen LogP contribution in [0, 0.1) is 0 Å². The summed E-state index contributed by atoms with van der Waals surface area (Å²) in [5.74, 6) is -0.0598. The lowest BCUT2D eigenvalue weighted by Gasteiger charge is -2.05. The Morgan fingerprint density at radius 3 is 1.90 bits per heavy atom. The first kappa shape index (κ1) is 14.6. The molecule has 5 nitrogen and oxygen atoms in total. The molecule has 0 bridgehead atoms. The van der Waals surface area contributed by atoms with E-state index in [1.165, 1.54) is 24.3 Å². The predicted molar refractivity (Wildman–Crippen MR) is 80.5 cm³/mol. The molecule has 2 rings (SSSR count). The molecule has 0 aliphatic heterocycles. The van der Waals surface area contributed by atoms with Gasteiger partial charge in [-0.1, -0.05) is 6.92 Å². The van der Waals surface area contributed by atoms with Gasteiger partial charge in [-0.2, -0.15) is 5.10 Å². The summed E-state index contributed by atoms with van der Waals surface area (Å²) in [4.78, 5) is 11.9. The van der Waals surface area contributed by atoms with Gasteiger partial charge in [-0.25, -0.2) is 5.43 Å². The van der Waals surface area contributed by atoms with Crippen LogP contribution < -0.4 is 5.43 Å². The Hall–Kier alpha value is -2.82. The minimum atomic E-state index is -0.347. The normalized spacial score (nSPS) is 11.2. The fraction of sp³-hybridized carbons (Fsp3) is 0.125. The molecule has 0 aliphatic rings. The molecule has 0 radical (unpaired) electrons. The van der Waals surface area contributed by atoms with Crippen molar-refractivity contribution in [1.29, 1.82) is 0 Å². The highest BCUT2D eigenvalue weighted by molar-refractivity contribution is 6.02. The molecule has 3 N–H and O–H groups in total. The zero-order chi connectivity index (χ0) is 15.2. The fourth-order valence-electron chi connectivity index (χ4n) is 1.80. The Labute approximate surface area is 122 Å². The van der Waals surface area contributed by atoms with Gasteiger partial charge >= 0.3 is 0 Å². The minimum absolute atomic E-state index is 0.105. The molecule has 5 heteroatoms. The molecule has 2 aromatic rings. The van der Waals surface area contributed by atoms with Crippen molar-refractivity contribution in [1.82, 2.24) is 5.43 Å².